The van der Waals surface area contributed by atoms with Crippen LogP contribution < -0.4 is 5.69 Å². The first kappa shape index (κ1) is 23.4. The highest BCUT2D eigenvalue weighted by Crippen LogP contribution is 2.44. The molecule has 4 atom stereocenters. The standard InChI is InChI=1S/C19H27N5O6/c1-10(2)16(25)28-9-19(22-23-20)14(29-17(26)11(3)4)13(6)15(30-19)24-8-7-12(5)21-18(24)27/h7-8,10-11,13-15H,9H2,1-6H3/t13-,14-,15+,19+/m0/s1. The summed E-state index contributed by atoms with van der Waals surface area (Å²) in [6, 6.07) is 1.62. The SMILES string of the molecule is Cc1ccn([C@@H]2O[C@@](COC(=O)C(C)C)(N=[N+]=[N-])[C@@H](OC(=O)C(C)C)[C@@H]2C)c(=O)n1. The second-order valence-electron chi connectivity index (χ2n) is 7.94. The highest BCUT2D eigenvalue weighted by Gasteiger charge is 2.57. The predicted octanol–water partition coefficient (Wildman–Crippen LogP) is 2.49. The highest BCUT2D eigenvalue weighted by atomic mass is 16.6. The lowest BCUT2D eigenvalue weighted by Crippen LogP contribution is -2.47. The largest absolute Gasteiger partial charge is 0.462 e. The van der Waals surface area contributed by atoms with Crippen LogP contribution in [0.1, 0.15) is 46.5 Å². The minimum Gasteiger partial charge on any atom is -0.462 e. The van der Waals surface area contributed by atoms with Crippen LogP contribution in [0, 0.1) is 24.7 Å². The second kappa shape index (κ2) is 9.27. The number of azide groups is 1. The summed E-state index contributed by atoms with van der Waals surface area (Å²) in [5, 5.41) is 3.72. The third kappa shape index (κ3) is 4.80. The molecule has 1 aliphatic rings. The maximum atomic E-state index is 12.4. The Morgan fingerprint density at radius 2 is 1.97 bits per heavy atom. The lowest BCUT2D eigenvalue weighted by molar-refractivity contribution is -0.180. The van der Waals surface area contributed by atoms with Gasteiger partial charge in [0.1, 0.15) is 18.9 Å². The van der Waals surface area contributed by atoms with Crippen molar-refractivity contribution in [3.05, 3.63) is 38.9 Å². The van der Waals surface area contributed by atoms with Crippen LogP contribution in [-0.2, 0) is 23.8 Å². The van der Waals surface area contributed by atoms with E-state index in [4.69, 9.17) is 14.2 Å². The van der Waals surface area contributed by atoms with Gasteiger partial charge in [-0.3, -0.25) is 14.2 Å². The van der Waals surface area contributed by atoms with Gasteiger partial charge < -0.3 is 14.2 Å². The summed E-state index contributed by atoms with van der Waals surface area (Å²) in [5.74, 6) is -2.58. The molecule has 1 aliphatic heterocycles. The van der Waals surface area contributed by atoms with Gasteiger partial charge in [0.2, 0.25) is 5.72 Å². The number of carbonyl (C=O) groups is 2. The monoisotopic (exact) mass is 421 g/mol. The van der Waals surface area contributed by atoms with Gasteiger partial charge in [0.25, 0.3) is 0 Å². The van der Waals surface area contributed by atoms with Crippen molar-refractivity contribution in [2.24, 2.45) is 22.9 Å². The molecule has 0 N–H and O–H groups in total. The number of hydrogen-bond acceptors (Lipinski definition) is 8. The van der Waals surface area contributed by atoms with E-state index in [2.05, 4.69) is 15.0 Å². The van der Waals surface area contributed by atoms with Gasteiger partial charge in [-0.1, -0.05) is 39.7 Å². The number of esters is 2. The summed E-state index contributed by atoms with van der Waals surface area (Å²) < 4.78 is 18.1. The lowest BCUT2D eigenvalue weighted by atomic mass is 9.97. The van der Waals surface area contributed by atoms with Crippen LogP contribution in [0.15, 0.2) is 22.2 Å². The Morgan fingerprint density at radius 3 is 2.50 bits per heavy atom. The van der Waals surface area contributed by atoms with Crippen LogP contribution in [0.2, 0.25) is 0 Å². The third-order valence-electron chi connectivity index (χ3n) is 4.76. The quantitative estimate of drug-likeness (QED) is 0.284. The average Bonchev–Trinajstić information content (AvgIpc) is 2.92. The molecule has 1 aromatic rings. The molecule has 0 unspecified atom stereocenters. The summed E-state index contributed by atoms with van der Waals surface area (Å²) in [6.07, 6.45) is -0.556. The summed E-state index contributed by atoms with van der Waals surface area (Å²) in [6.45, 7) is 9.50. The highest BCUT2D eigenvalue weighted by molar-refractivity contribution is 5.72. The molecule has 0 bridgehead atoms. The van der Waals surface area contributed by atoms with Crippen molar-refractivity contribution in [2.45, 2.75) is 59.6 Å². The zero-order valence-electron chi connectivity index (χ0n) is 17.9. The van der Waals surface area contributed by atoms with Gasteiger partial charge in [0.05, 0.1) is 11.8 Å². The van der Waals surface area contributed by atoms with Gasteiger partial charge in [-0.2, -0.15) is 4.98 Å². The Balaban J connectivity index is 2.50. The van der Waals surface area contributed by atoms with Gasteiger partial charge in [-0.05, 0) is 18.5 Å². The summed E-state index contributed by atoms with van der Waals surface area (Å²) in [7, 11) is 0. The number of nitrogens with zero attached hydrogens (tertiary/aromatic N) is 5. The van der Waals surface area contributed by atoms with Crippen molar-refractivity contribution in [2.75, 3.05) is 6.61 Å². The van der Waals surface area contributed by atoms with Gasteiger partial charge in [-0.15, -0.1) is 0 Å². The zero-order chi connectivity index (χ0) is 22.6. The Kier molecular flexibility index (Phi) is 7.22. The van der Waals surface area contributed by atoms with E-state index < -0.39 is 60.0 Å². The third-order valence-corrected chi connectivity index (χ3v) is 4.76. The fraction of sp³-hybridized carbons (Fsp3) is 0.684. The fourth-order valence-corrected chi connectivity index (χ4v) is 3.05. The summed E-state index contributed by atoms with van der Waals surface area (Å²) in [4.78, 5) is 43.5. The number of carbonyl (C=O) groups excluding carboxylic acids is 2. The van der Waals surface area contributed by atoms with Crippen molar-refractivity contribution in [3.8, 4) is 0 Å². The van der Waals surface area contributed by atoms with Gasteiger partial charge in [0, 0.05) is 22.7 Å². The van der Waals surface area contributed by atoms with E-state index in [9.17, 15) is 19.9 Å². The molecule has 164 valence electrons. The van der Waals surface area contributed by atoms with Crippen molar-refractivity contribution >= 4 is 11.9 Å². The molecular formula is C19H27N5O6. The van der Waals surface area contributed by atoms with E-state index in [0.717, 1.165) is 0 Å². The summed E-state index contributed by atoms with van der Waals surface area (Å²) in [5.41, 5.74) is 7.30. The van der Waals surface area contributed by atoms with Crippen LogP contribution in [-0.4, -0.2) is 39.9 Å². The van der Waals surface area contributed by atoms with Crippen molar-refractivity contribution in [1.82, 2.24) is 9.55 Å². The first-order valence-electron chi connectivity index (χ1n) is 9.69. The molecule has 1 saturated heterocycles. The molecule has 11 nitrogen and oxygen atoms in total. The Labute approximate surface area is 174 Å². The minimum atomic E-state index is -1.84. The van der Waals surface area contributed by atoms with Crippen LogP contribution in [0.5, 0.6) is 0 Å². The van der Waals surface area contributed by atoms with Gasteiger partial charge >= 0.3 is 17.6 Å². The maximum absolute atomic E-state index is 12.4. The van der Waals surface area contributed by atoms with Gasteiger partial charge in [-0.25, -0.2) is 4.79 Å². The molecule has 0 aromatic carbocycles. The predicted molar refractivity (Wildman–Crippen MR) is 105 cm³/mol. The van der Waals surface area contributed by atoms with Gasteiger partial charge in [0.15, 0.2) is 0 Å². The Hall–Kier alpha value is -2.91. The molecule has 30 heavy (non-hydrogen) atoms. The fourth-order valence-electron chi connectivity index (χ4n) is 3.05. The van der Waals surface area contributed by atoms with Crippen LogP contribution >= 0.6 is 0 Å². The molecule has 0 radical (unpaired) electrons. The number of hydrogen-bond donors (Lipinski definition) is 0. The first-order chi connectivity index (χ1) is 14.0. The Bertz CT molecular complexity index is 907. The maximum Gasteiger partial charge on any atom is 0.349 e. The first-order valence-corrected chi connectivity index (χ1v) is 9.69. The number of rotatable bonds is 7. The molecule has 2 heterocycles. The van der Waals surface area contributed by atoms with E-state index in [1.165, 1.54) is 10.8 Å². The Morgan fingerprint density at radius 1 is 1.33 bits per heavy atom. The molecule has 0 saturated carbocycles. The molecule has 2 rings (SSSR count). The van der Waals surface area contributed by atoms with Crippen molar-refractivity contribution in [1.29, 1.82) is 0 Å². The van der Waals surface area contributed by atoms with Crippen LogP contribution in [0.25, 0.3) is 10.4 Å². The number of aryl methyl sites for hydroxylation is 1. The smallest absolute Gasteiger partial charge is 0.349 e. The lowest BCUT2D eigenvalue weighted by Gasteiger charge is -2.30. The van der Waals surface area contributed by atoms with Crippen LogP contribution in [0.4, 0.5) is 0 Å². The summed E-state index contributed by atoms with van der Waals surface area (Å²) >= 11 is 0. The number of ether oxygens (including phenoxy) is 3. The van der Waals surface area contributed by atoms with E-state index in [1.807, 2.05) is 0 Å². The zero-order valence-corrected chi connectivity index (χ0v) is 17.9. The molecule has 0 aliphatic carbocycles. The van der Waals surface area contributed by atoms with E-state index in [0.29, 0.717) is 5.69 Å². The molecule has 0 spiro atoms. The molecular weight excluding hydrogens is 394 g/mol. The average molecular weight is 421 g/mol. The topological polar surface area (TPSA) is 145 Å². The van der Waals surface area contributed by atoms with Crippen molar-refractivity contribution < 1.29 is 23.8 Å². The van der Waals surface area contributed by atoms with E-state index >= 15 is 0 Å². The second-order valence-corrected chi connectivity index (χ2v) is 7.94. The molecule has 0 amide bonds. The molecule has 1 aromatic heterocycles. The van der Waals surface area contributed by atoms with E-state index in [1.54, 1.807) is 47.6 Å². The minimum absolute atomic E-state index is 0.427. The molecule has 11 heteroatoms. The van der Waals surface area contributed by atoms with E-state index in [-0.39, 0.29) is 0 Å². The number of aromatic nitrogens is 2. The van der Waals surface area contributed by atoms with Crippen molar-refractivity contribution in [3.63, 3.8) is 0 Å². The normalized spacial score (nSPS) is 25.8. The molecule has 1 fully saturated rings. The van der Waals surface area contributed by atoms with Crippen LogP contribution in [0.3, 0.4) is 0 Å².